The molecule has 0 spiro atoms. The van der Waals surface area contributed by atoms with Crippen molar-refractivity contribution in [2.75, 3.05) is 18.9 Å². The standard InChI is InChI=1S/C20H40N3O5P.H2O/c1-13(2)17(21)19(25)23-18(14(3)4)20(26)22-10-16(24)12-29(27,28)11-15-8-6-5-7-9-15;/h13-18,24H,5-12,21H2,1-4H3,(H,22,26)(H,23,25)(H,27,28);1H2/t16-,17+,18+;/m1./s1. The van der Waals surface area contributed by atoms with Gasteiger partial charge in [0.15, 0.2) is 0 Å². The predicted molar refractivity (Wildman–Crippen MR) is 118 cm³/mol. The van der Waals surface area contributed by atoms with Crippen molar-refractivity contribution in [2.24, 2.45) is 23.5 Å². The molecule has 0 bridgehead atoms. The molecule has 0 heterocycles. The van der Waals surface area contributed by atoms with Crippen molar-refractivity contribution in [2.45, 2.75) is 78.0 Å². The van der Waals surface area contributed by atoms with Crippen LogP contribution < -0.4 is 16.4 Å². The first kappa shape index (κ1) is 29.0. The Labute approximate surface area is 180 Å². The fourth-order valence-corrected chi connectivity index (χ4v) is 5.77. The van der Waals surface area contributed by atoms with E-state index in [0.29, 0.717) is 0 Å². The van der Waals surface area contributed by atoms with Gasteiger partial charge in [0, 0.05) is 12.7 Å². The van der Waals surface area contributed by atoms with Crippen LogP contribution in [-0.2, 0) is 14.2 Å². The summed E-state index contributed by atoms with van der Waals surface area (Å²) in [6.07, 6.45) is 4.17. The Hall–Kier alpha value is -0.990. The Balaban J connectivity index is 0.00000841. The van der Waals surface area contributed by atoms with Crippen molar-refractivity contribution < 1.29 is 29.6 Å². The van der Waals surface area contributed by atoms with Gasteiger partial charge in [0.05, 0.1) is 18.3 Å². The molecule has 0 aromatic carbocycles. The molecule has 4 atom stereocenters. The summed E-state index contributed by atoms with van der Waals surface area (Å²) in [7, 11) is -3.45. The maximum absolute atomic E-state index is 12.5. The summed E-state index contributed by atoms with van der Waals surface area (Å²) in [5, 5.41) is 15.4. The van der Waals surface area contributed by atoms with Gasteiger partial charge >= 0.3 is 0 Å². The summed E-state index contributed by atoms with van der Waals surface area (Å²) in [5.74, 6) is -0.835. The molecule has 8 N–H and O–H groups in total. The quantitative estimate of drug-likeness (QED) is 0.288. The smallest absolute Gasteiger partial charge is 0.242 e. The average molecular weight is 452 g/mol. The number of carbonyl (C=O) groups excluding carboxylic acids is 2. The van der Waals surface area contributed by atoms with Gasteiger partial charge < -0.3 is 31.8 Å². The first-order valence-corrected chi connectivity index (χ1v) is 12.8. The van der Waals surface area contributed by atoms with Crippen LogP contribution in [0.1, 0.15) is 59.8 Å². The van der Waals surface area contributed by atoms with Gasteiger partial charge in [0.25, 0.3) is 0 Å². The molecule has 0 aromatic rings. The molecule has 1 saturated carbocycles. The van der Waals surface area contributed by atoms with Gasteiger partial charge in [-0.3, -0.25) is 14.2 Å². The van der Waals surface area contributed by atoms with Crippen LogP contribution in [0.25, 0.3) is 0 Å². The molecule has 1 unspecified atom stereocenters. The van der Waals surface area contributed by atoms with Crippen molar-refractivity contribution in [3.63, 3.8) is 0 Å². The highest BCUT2D eigenvalue weighted by Crippen LogP contribution is 2.45. The van der Waals surface area contributed by atoms with Crippen LogP contribution in [0.2, 0.25) is 0 Å². The lowest BCUT2D eigenvalue weighted by Crippen LogP contribution is -2.55. The van der Waals surface area contributed by atoms with E-state index >= 15 is 0 Å². The van der Waals surface area contributed by atoms with Gasteiger partial charge in [-0.1, -0.05) is 47.0 Å². The Morgan fingerprint density at radius 1 is 1.07 bits per heavy atom. The fourth-order valence-electron chi connectivity index (χ4n) is 3.66. The van der Waals surface area contributed by atoms with E-state index in [1.54, 1.807) is 13.8 Å². The van der Waals surface area contributed by atoms with Gasteiger partial charge in [0.2, 0.25) is 19.2 Å². The van der Waals surface area contributed by atoms with Crippen LogP contribution in [-0.4, -0.2) is 64.3 Å². The lowest BCUT2D eigenvalue weighted by Gasteiger charge is -2.26. The molecule has 30 heavy (non-hydrogen) atoms. The molecule has 1 aliphatic carbocycles. The normalized spacial score (nSPS) is 20.0. The molecule has 0 aliphatic heterocycles. The van der Waals surface area contributed by atoms with Gasteiger partial charge in [-0.05, 0) is 30.6 Å². The third kappa shape index (κ3) is 10.4. The third-order valence-electron chi connectivity index (χ3n) is 5.54. The van der Waals surface area contributed by atoms with Crippen molar-refractivity contribution in [1.82, 2.24) is 10.6 Å². The molecular formula is C20H42N3O6P. The molecule has 1 rings (SSSR count). The second kappa shape index (κ2) is 13.4. The number of hydrogen-bond donors (Lipinski definition) is 5. The average Bonchev–Trinajstić information content (AvgIpc) is 2.62. The van der Waals surface area contributed by atoms with E-state index in [4.69, 9.17) is 5.73 Å². The highest BCUT2D eigenvalue weighted by Gasteiger charge is 2.30. The number of aliphatic hydroxyl groups is 1. The Bertz CT molecular complexity index is 581. The summed E-state index contributed by atoms with van der Waals surface area (Å²) in [5.41, 5.74) is 5.83. The highest BCUT2D eigenvalue weighted by molar-refractivity contribution is 7.58. The third-order valence-corrected chi connectivity index (χ3v) is 7.62. The zero-order valence-electron chi connectivity index (χ0n) is 18.8. The van der Waals surface area contributed by atoms with Gasteiger partial charge in [-0.15, -0.1) is 0 Å². The number of carbonyl (C=O) groups is 2. The minimum Gasteiger partial charge on any atom is -0.412 e. The summed E-state index contributed by atoms with van der Waals surface area (Å²) in [6.45, 7) is 7.11. The molecule has 0 aromatic heterocycles. The second-order valence-electron chi connectivity index (χ2n) is 9.11. The molecule has 0 radical (unpaired) electrons. The monoisotopic (exact) mass is 451 g/mol. The number of hydrogen-bond acceptors (Lipinski definition) is 5. The molecule has 9 nitrogen and oxygen atoms in total. The highest BCUT2D eigenvalue weighted by atomic mass is 31.2. The number of rotatable bonds is 11. The van der Waals surface area contributed by atoms with Gasteiger partial charge in [-0.25, -0.2) is 0 Å². The summed E-state index contributed by atoms with van der Waals surface area (Å²) >= 11 is 0. The maximum Gasteiger partial charge on any atom is 0.242 e. The van der Waals surface area contributed by atoms with Crippen molar-refractivity contribution in [3.8, 4) is 0 Å². The van der Waals surface area contributed by atoms with E-state index in [1.165, 1.54) is 6.42 Å². The first-order chi connectivity index (χ1) is 13.4. The molecule has 178 valence electrons. The zero-order valence-corrected chi connectivity index (χ0v) is 19.7. The molecule has 1 fully saturated rings. The van der Waals surface area contributed by atoms with E-state index in [-0.39, 0.29) is 42.1 Å². The Kier molecular flexibility index (Phi) is 13.0. The second-order valence-corrected chi connectivity index (χ2v) is 11.5. The summed E-state index contributed by atoms with van der Waals surface area (Å²) in [4.78, 5) is 34.9. The topological polar surface area (TPSA) is 173 Å². The van der Waals surface area contributed by atoms with Crippen LogP contribution in [0.4, 0.5) is 0 Å². The van der Waals surface area contributed by atoms with E-state index in [1.807, 2.05) is 13.8 Å². The van der Waals surface area contributed by atoms with Crippen LogP contribution in [0.5, 0.6) is 0 Å². The predicted octanol–water partition coefficient (Wildman–Crippen LogP) is 0.614. The molecule has 2 amide bonds. The van der Waals surface area contributed by atoms with Crippen LogP contribution >= 0.6 is 7.37 Å². The minimum absolute atomic E-state index is 0. The molecule has 1 aliphatic rings. The Morgan fingerprint density at radius 2 is 1.63 bits per heavy atom. The van der Waals surface area contributed by atoms with E-state index in [0.717, 1.165) is 25.7 Å². The van der Waals surface area contributed by atoms with E-state index in [9.17, 15) is 24.2 Å². The maximum atomic E-state index is 12.5. The number of amides is 2. The lowest BCUT2D eigenvalue weighted by atomic mass is 9.91. The molecule has 10 heteroatoms. The fraction of sp³-hybridized carbons (Fsp3) is 0.900. The van der Waals surface area contributed by atoms with E-state index in [2.05, 4.69) is 10.6 Å². The van der Waals surface area contributed by atoms with Crippen molar-refractivity contribution in [1.29, 1.82) is 0 Å². The molecule has 0 saturated heterocycles. The van der Waals surface area contributed by atoms with E-state index < -0.39 is 37.4 Å². The Morgan fingerprint density at radius 3 is 2.13 bits per heavy atom. The minimum atomic E-state index is -3.45. The SMILES string of the molecule is CC(C)[C@H](N)C(=O)N[C@H](C(=O)NC[C@@H](O)CP(=O)(O)CC1CCCCC1)C(C)C.O. The number of nitrogens with two attached hydrogens (primary N) is 1. The van der Waals surface area contributed by atoms with Gasteiger partial charge in [0.1, 0.15) is 6.04 Å². The van der Waals surface area contributed by atoms with Crippen molar-refractivity contribution >= 4 is 19.2 Å². The largest absolute Gasteiger partial charge is 0.412 e. The number of nitrogens with one attached hydrogen (secondary N) is 2. The van der Waals surface area contributed by atoms with Crippen LogP contribution in [0, 0.1) is 17.8 Å². The van der Waals surface area contributed by atoms with Crippen molar-refractivity contribution in [3.05, 3.63) is 0 Å². The number of aliphatic hydroxyl groups excluding tert-OH is 1. The molecular weight excluding hydrogens is 409 g/mol. The first-order valence-electron chi connectivity index (χ1n) is 10.8. The lowest BCUT2D eigenvalue weighted by molar-refractivity contribution is -0.131. The summed E-state index contributed by atoms with van der Waals surface area (Å²) < 4.78 is 12.5. The zero-order chi connectivity index (χ0) is 22.2. The van der Waals surface area contributed by atoms with Crippen LogP contribution in [0.3, 0.4) is 0 Å². The van der Waals surface area contributed by atoms with Gasteiger partial charge in [-0.2, -0.15) is 0 Å². The summed E-state index contributed by atoms with van der Waals surface area (Å²) in [6, 6.07) is -1.50. The van der Waals surface area contributed by atoms with Crippen LogP contribution in [0.15, 0.2) is 0 Å².